The number of benzene rings is 3. The fourth-order valence-corrected chi connectivity index (χ4v) is 4.05. The molecule has 0 aliphatic heterocycles. The lowest BCUT2D eigenvalue weighted by Gasteiger charge is -2.39. The number of hydrogen-bond donors (Lipinski definition) is 0. The molecule has 0 radical (unpaired) electrons. The van der Waals surface area contributed by atoms with Crippen molar-refractivity contribution in [3.63, 3.8) is 0 Å². The van der Waals surface area contributed by atoms with E-state index in [4.69, 9.17) is 4.74 Å². The molecule has 3 aromatic rings. The van der Waals surface area contributed by atoms with Crippen LogP contribution in [-0.4, -0.2) is 16.9 Å². The molecule has 3 rings (SSSR count). The molecule has 0 bridgehead atoms. The van der Waals surface area contributed by atoms with Gasteiger partial charge in [-0.15, -0.1) is 0 Å². The van der Waals surface area contributed by atoms with E-state index in [1.54, 1.807) is 0 Å². The fourth-order valence-electron chi connectivity index (χ4n) is 4.05. The minimum Gasteiger partial charge on any atom is -0.461 e. The Hall–Kier alpha value is -2.91. The van der Waals surface area contributed by atoms with Gasteiger partial charge in [0.1, 0.15) is 6.61 Å². The van der Waals surface area contributed by atoms with Gasteiger partial charge in [-0.25, -0.2) is 0 Å². The molecule has 0 saturated heterocycles. The van der Waals surface area contributed by atoms with Gasteiger partial charge in [0.2, 0.25) is 0 Å². The molecule has 0 aliphatic carbocycles. The van der Waals surface area contributed by atoms with Crippen LogP contribution in [0.15, 0.2) is 91.0 Å². The summed E-state index contributed by atoms with van der Waals surface area (Å²) in [5, 5.41) is 0. The summed E-state index contributed by atoms with van der Waals surface area (Å²) in [6, 6.07) is 31.1. The fraction of sp³-hybridized carbons (Fsp3) is 0.296. The van der Waals surface area contributed by atoms with Crippen LogP contribution >= 0.6 is 0 Å². The van der Waals surface area contributed by atoms with Crippen LogP contribution in [0.25, 0.3) is 0 Å². The molecule has 0 fully saturated rings. The smallest absolute Gasteiger partial charge is 0.307 e. The quantitative estimate of drug-likeness (QED) is 0.392. The number of rotatable bonds is 9. The van der Waals surface area contributed by atoms with Gasteiger partial charge in [0.05, 0.1) is 6.42 Å². The lowest BCUT2D eigenvalue weighted by atomic mass is 9.98. The third kappa shape index (κ3) is 5.80. The van der Waals surface area contributed by atoms with Gasteiger partial charge in [-0.3, -0.25) is 9.69 Å². The van der Waals surface area contributed by atoms with Crippen LogP contribution < -0.4 is 0 Å². The van der Waals surface area contributed by atoms with Crippen molar-refractivity contribution < 1.29 is 9.53 Å². The highest BCUT2D eigenvalue weighted by atomic mass is 16.5. The van der Waals surface area contributed by atoms with E-state index in [1.807, 2.05) is 42.5 Å². The first-order chi connectivity index (χ1) is 14.6. The van der Waals surface area contributed by atoms with Crippen LogP contribution in [0.1, 0.15) is 56.0 Å². The maximum absolute atomic E-state index is 12.6. The van der Waals surface area contributed by atoms with Gasteiger partial charge in [0.25, 0.3) is 0 Å². The van der Waals surface area contributed by atoms with E-state index in [0.717, 1.165) is 5.56 Å². The maximum Gasteiger partial charge on any atom is 0.307 e. The number of hydrogen-bond acceptors (Lipinski definition) is 3. The molecule has 3 aromatic carbocycles. The summed E-state index contributed by atoms with van der Waals surface area (Å²) in [7, 11) is 0. The van der Waals surface area contributed by atoms with Gasteiger partial charge in [-0.2, -0.15) is 0 Å². The summed E-state index contributed by atoms with van der Waals surface area (Å²) >= 11 is 0. The second-order valence-electron chi connectivity index (χ2n) is 7.82. The number of carbonyl (C=O) groups excluding carboxylic acids is 1. The highest BCUT2D eigenvalue weighted by molar-refractivity contribution is 5.70. The monoisotopic (exact) mass is 401 g/mol. The number of ether oxygens (including phenoxy) is 1. The van der Waals surface area contributed by atoms with Gasteiger partial charge in [0.15, 0.2) is 0 Å². The van der Waals surface area contributed by atoms with Crippen LogP contribution in [0, 0.1) is 0 Å². The van der Waals surface area contributed by atoms with E-state index in [0.29, 0.717) is 13.0 Å². The van der Waals surface area contributed by atoms with Crippen LogP contribution in [0.3, 0.4) is 0 Å². The van der Waals surface area contributed by atoms with Crippen molar-refractivity contribution in [2.24, 2.45) is 0 Å². The van der Waals surface area contributed by atoms with E-state index in [-0.39, 0.29) is 24.1 Å². The Bertz CT molecular complexity index is 850. The molecule has 0 aromatic heterocycles. The number of nitrogens with zero attached hydrogens (tertiary/aromatic N) is 1. The number of esters is 1. The van der Waals surface area contributed by atoms with Gasteiger partial charge in [0, 0.05) is 18.1 Å². The molecule has 0 unspecified atom stereocenters. The van der Waals surface area contributed by atoms with Gasteiger partial charge in [-0.1, -0.05) is 91.0 Å². The first kappa shape index (κ1) is 21.8. The zero-order valence-corrected chi connectivity index (χ0v) is 18.1. The average Bonchev–Trinajstić information content (AvgIpc) is 2.79. The molecule has 0 amide bonds. The van der Waals surface area contributed by atoms with E-state index in [2.05, 4.69) is 74.2 Å². The van der Waals surface area contributed by atoms with Gasteiger partial charge < -0.3 is 4.74 Å². The third-order valence-corrected chi connectivity index (χ3v) is 5.67. The van der Waals surface area contributed by atoms with E-state index in [1.165, 1.54) is 11.1 Å². The zero-order valence-electron chi connectivity index (χ0n) is 18.1. The predicted molar refractivity (Wildman–Crippen MR) is 122 cm³/mol. The molecule has 3 nitrogen and oxygen atoms in total. The minimum atomic E-state index is -0.170. The molecule has 0 spiro atoms. The van der Waals surface area contributed by atoms with Crippen molar-refractivity contribution in [3.05, 3.63) is 108 Å². The molecular weight excluding hydrogens is 370 g/mol. The summed E-state index contributed by atoms with van der Waals surface area (Å²) < 4.78 is 5.55. The second kappa shape index (κ2) is 10.7. The second-order valence-corrected chi connectivity index (χ2v) is 7.82. The average molecular weight is 402 g/mol. The van der Waals surface area contributed by atoms with Crippen molar-refractivity contribution in [2.75, 3.05) is 0 Å². The highest BCUT2D eigenvalue weighted by Crippen LogP contribution is 2.33. The first-order valence-corrected chi connectivity index (χ1v) is 10.6. The molecule has 0 heterocycles. The number of carbonyl (C=O) groups is 1. The standard InChI is InChI=1S/C27H31NO2/c1-21(19-27(29)30-20-24-13-7-4-8-14-24)28(22(2)25-15-9-5-10-16-25)23(3)26-17-11-6-12-18-26/h4-18,21-23H,19-20H2,1-3H3/t21-,22-,23-/m1/s1. The normalized spacial score (nSPS) is 14.1. The minimum absolute atomic E-state index is 0.0266. The molecule has 0 saturated carbocycles. The van der Waals surface area contributed by atoms with Crippen molar-refractivity contribution >= 4 is 5.97 Å². The Morgan fingerprint density at radius 3 is 1.63 bits per heavy atom. The van der Waals surface area contributed by atoms with E-state index < -0.39 is 0 Å². The lowest BCUT2D eigenvalue weighted by molar-refractivity contribution is -0.146. The van der Waals surface area contributed by atoms with Crippen molar-refractivity contribution in [1.82, 2.24) is 4.90 Å². The lowest BCUT2D eigenvalue weighted by Crippen LogP contribution is -2.39. The third-order valence-electron chi connectivity index (χ3n) is 5.67. The SMILES string of the molecule is C[C@H](CC(=O)OCc1ccccc1)N([C@H](C)c1ccccc1)[C@H](C)c1ccccc1. The molecule has 156 valence electrons. The molecule has 3 atom stereocenters. The Morgan fingerprint density at radius 1 is 0.733 bits per heavy atom. The highest BCUT2D eigenvalue weighted by Gasteiger charge is 2.29. The summed E-state index contributed by atoms with van der Waals surface area (Å²) in [6.07, 6.45) is 0.348. The Morgan fingerprint density at radius 2 is 1.17 bits per heavy atom. The van der Waals surface area contributed by atoms with E-state index in [9.17, 15) is 4.79 Å². The van der Waals surface area contributed by atoms with Crippen molar-refractivity contribution in [3.8, 4) is 0 Å². The van der Waals surface area contributed by atoms with Crippen LogP contribution in [0.4, 0.5) is 0 Å². The molecule has 3 heteroatoms. The molecule has 0 aliphatic rings. The Labute approximate surface area is 180 Å². The van der Waals surface area contributed by atoms with Crippen LogP contribution in [-0.2, 0) is 16.1 Å². The predicted octanol–water partition coefficient (Wildman–Crippen LogP) is 6.33. The summed E-state index contributed by atoms with van der Waals surface area (Å²) in [5.41, 5.74) is 3.49. The van der Waals surface area contributed by atoms with Crippen molar-refractivity contribution in [2.45, 2.75) is 51.9 Å². The maximum atomic E-state index is 12.6. The van der Waals surface area contributed by atoms with Gasteiger partial charge in [-0.05, 0) is 37.5 Å². The largest absolute Gasteiger partial charge is 0.461 e. The molecule has 30 heavy (non-hydrogen) atoms. The summed E-state index contributed by atoms with van der Waals surface area (Å²) in [4.78, 5) is 15.0. The Balaban J connectivity index is 1.74. The summed E-state index contributed by atoms with van der Waals surface area (Å²) in [6.45, 7) is 6.85. The van der Waals surface area contributed by atoms with Gasteiger partial charge >= 0.3 is 5.97 Å². The first-order valence-electron chi connectivity index (χ1n) is 10.6. The van der Waals surface area contributed by atoms with E-state index >= 15 is 0 Å². The Kier molecular flexibility index (Phi) is 7.81. The summed E-state index contributed by atoms with van der Waals surface area (Å²) in [5.74, 6) is -0.170. The van der Waals surface area contributed by atoms with Crippen LogP contribution in [0.5, 0.6) is 0 Å². The molecule has 0 N–H and O–H groups in total. The molecular formula is C27H31NO2. The van der Waals surface area contributed by atoms with Crippen LogP contribution in [0.2, 0.25) is 0 Å². The zero-order chi connectivity index (χ0) is 21.3. The van der Waals surface area contributed by atoms with Crippen molar-refractivity contribution in [1.29, 1.82) is 0 Å². The topological polar surface area (TPSA) is 29.5 Å².